The van der Waals surface area contributed by atoms with Crippen molar-refractivity contribution in [1.29, 1.82) is 0 Å². The smallest absolute Gasteiger partial charge is 0.222 e. The summed E-state index contributed by atoms with van der Waals surface area (Å²) < 4.78 is 0. The molecule has 0 radical (unpaired) electrons. The van der Waals surface area contributed by atoms with Crippen LogP contribution in [0.15, 0.2) is 40.6 Å². The van der Waals surface area contributed by atoms with Gasteiger partial charge in [-0.15, -0.1) is 12.3 Å². The lowest BCUT2D eigenvalue weighted by Gasteiger charge is -2.17. The molecule has 1 aromatic carbocycles. The highest BCUT2D eigenvalue weighted by Crippen LogP contribution is 2.38. The number of carbonyl (C=O) groups excluding carboxylic acids is 1. The van der Waals surface area contributed by atoms with Gasteiger partial charge in [0.05, 0.1) is 0 Å². The van der Waals surface area contributed by atoms with Gasteiger partial charge in [0, 0.05) is 38.8 Å². The van der Waals surface area contributed by atoms with Crippen LogP contribution >= 0.6 is 0 Å². The molecule has 2 aliphatic heterocycles. The van der Waals surface area contributed by atoms with E-state index in [-0.39, 0.29) is 11.6 Å². The Balaban J connectivity index is 1.42. The van der Waals surface area contributed by atoms with Gasteiger partial charge in [0.15, 0.2) is 5.66 Å². The summed E-state index contributed by atoms with van der Waals surface area (Å²) in [5.41, 5.74) is 1.01. The van der Waals surface area contributed by atoms with Crippen LogP contribution in [0.1, 0.15) is 37.7 Å². The molecule has 0 bridgehead atoms. The molecular weight excluding hydrogens is 286 g/mol. The molecule has 1 fully saturated rings. The van der Waals surface area contributed by atoms with Gasteiger partial charge in [0.1, 0.15) is 0 Å². The van der Waals surface area contributed by atoms with E-state index in [9.17, 15) is 4.79 Å². The van der Waals surface area contributed by atoms with Crippen molar-refractivity contribution >= 4 is 5.91 Å². The van der Waals surface area contributed by atoms with Gasteiger partial charge in [0.25, 0.3) is 0 Å². The number of rotatable bonds is 7. The van der Waals surface area contributed by atoms with Crippen molar-refractivity contribution in [2.75, 3.05) is 13.1 Å². The summed E-state index contributed by atoms with van der Waals surface area (Å²) >= 11 is 0. The molecule has 0 spiro atoms. The van der Waals surface area contributed by atoms with Crippen molar-refractivity contribution in [2.45, 2.75) is 44.2 Å². The van der Waals surface area contributed by atoms with Gasteiger partial charge >= 0.3 is 0 Å². The molecule has 2 aliphatic rings. The Morgan fingerprint density at radius 2 is 2.09 bits per heavy atom. The third-order valence-electron chi connectivity index (χ3n) is 4.80. The van der Waals surface area contributed by atoms with E-state index in [0.29, 0.717) is 25.2 Å². The fourth-order valence-electron chi connectivity index (χ4n) is 3.31. The first-order valence-electron chi connectivity index (χ1n) is 8.40. The normalized spacial score (nSPS) is 21.2. The van der Waals surface area contributed by atoms with Gasteiger partial charge < -0.3 is 4.90 Å². The molecule has 23 heavy (non-hydrogen) atoms. The maximum absolute atomic E-state index is 12.4. The minimum Gasteiger partial charge on any atom is -0.342 e. The van der Waals surface area contributed by atoms with E-state index in [4.69, 9.17) is 6.42 Å². The lowest BCUT2D eigenvalue weighted by Crippen LogP contribution is -2.30. The summed E-state index contributed by atoms with van der Waals surface area (Å²) in [5.74, 6) is 3.43. The second kappa shape index (κ2) is 6.95. The second-order valence-corrected chi connectivity index (χ2v) is 6.57. The van der Waals surface area contributed by atoms with Gasteiger partial charge in [-0.3, -0.25) is 4.79 Å². The van der Waals surface area contributed by atoms with E-state index in [1.54, 1.807) is 0 Å². The number of likely N-dealkylation sites (tertiary alicyclic amines) is 1. The van der Waals surface area contributed by atoms with Crippen molar-refractivity contribution in [3.8, 4) is 12.3 Å². The van der Waals surface area contributed by atoms with Crippen LogP contribution in [0.2, 0.25) is 0 Å². The SMILES string of the molecule is C#CCCC1(CCC(=O)N2CCC(Cc3ccccc3)C2)N=N1. The van der Waals surface area contributed by atoms with E-state index in [1.165, 1.54) is 5.56 Å². The summed E-state index contributed by atoms with van der Waals surface area (Å²) in [6.07, 6.45) is 10.1. The third-order valence-corrected chi connectivity index (χ3v) is 4.80. The van der Waals surface area contributed by atoms with E-state index in [2.05, 4.69) is 40.4 Å². The van der Waals surface area contributed by atoms with Gasteiger partial charge in [0.2, 0.25) is 5.91 Å². The first kappa shape index (κ1) is 15.7. The standard InChI is InChI=1S/C19H23N3O/c1-2-3-11-19(20-21-19)12-9-18(23)22-13-10-17(15-22)14-16-7-5-4-6-8-16/h1,4-8,17H,3,9-15H2. The average Bonchev–Trinajstić information content (AvgIpc) is 3.20. The van der Waals surface area contributed by atoms with Crippen molar-refractivity contribution < 1.29 is 4.79 Å². The summed E-state index contributed by atoms with van der Waals surface area (Å²) in [6, 6.07) is 10.5. The molecule has 0 aliphatic carbocycles. The van der Waals surface area contributed by atoms with Gasteiger partial charge in [-0.1, -0.05) is 30.3 Å². The quantitative estimate of drug-likeness (QED) is 0.712. The Morgan fingerprint density at radius 3 is 2.78 bits per heavy atom. The number of nitrogens with zero attached hydrogens (tertiary/aromatic N) is 3. The largest absolute Gasteiger partial charge is 0.342 e. The monoisotopic (exact) mass is 309 g/mol. The highest BCUT2D eigenvalue weighted by Gasteiger charge is 2.40. The first-order valence-corrected chi connectivity index (χ1v) is 8.40. The van der Waals surface area contributed by atoms with Crippen LogP contribution in [0.3, 0.4) is 0 Å². The number of terminal acetylenes is 1. The molecule has 120 valence electrons. The number of amides is 1. The molecule has 0 aromatic heterocycles. The highest BCUT2D eigenvalue weighted by molar-refractivity contribution is 5.76. The fourth-order valence-corrected chi connectivity index (χ4v) is 3.31. The number of hydrogen-bond acceptors (Lipinski definition) is 3. The fraction of sp³-hybridized carbons (Fsp3) is 0.526. The minimum atomic E-state index is -0.342. The Labute approximate surface area is 138 Å². The number of carbonyl (C=O) groups is 1. The molecule has 1 atom stereocenters. The van der Waals surface area contributed by atoms with Crippen LogP contribution in [0.5, 0.6) is 0 Å². The summed E-state index contributed by atoms with van der Waals surface area (Å²) in [4.78, 5) is 14.4. The second-order valence-electron chi connectivity index (χ2n) is 6.57. The van der Waals surface area contributed by atoms with Crippen molar-refractivity contribution in [3.63, 3.8) is 0 Å². The topological polar surface area (TPSA) is 45.0 Å². The molecule has 4 nitrogen and oxygen atoms in total. The Kier molecular flexibility index (Phi) is 4.76. The molecule has 1 unspecified atom stereocenters. The van der Waals surface area contributed by atoms with Crippen LogP contribution in [-0.4, -0.2) is 29.6 Å². The number of hydrogen-bond donors (Lipinski definition) is 0. The van der Waals surface area contributed by atoms with Gasteiger partial charge in [-0.25, -0.2) is 0 Å². The zero-order valence-corrected chi connectivity index (χ0v) is 13.4. The first-order chi connectivity index (χ1) is 11.2. The van der Waals surface area contributed by atoms with E-state index >= 15 is 0 Å². The van der Waals surface area contributed by atoms with Crippen LogP contribution in [0, 0.1) is 18.3 Å². The zero-order valence-electron chi connectivity index (χ0n) is 13.4. The van der Waals surface area contributed by atoms with Gasteiger partial charge in [-0.05, 0) is 24.3 Å². The van der Waals surface area contributed by atoms with Crippen molar-refractivity contribution in [2.24, 2.45) is 16.1 Å². The molecular formula is C19H23N3O. The average molecular weight is 309 g/mol. The Hall–Kier alpha value is -2.15. The number of benzene rings is 1. The lowest BCUT2D eigenvalue weighted by atomic mass is 9.99. The van der Waals surface area contributed by atoms with Crippen LogP contribution < -0.4 is 0 Å². The highest BCUT2D eigenvalue weighted by atomic mass is 16.2. The summed E-state index contributed by atoms with van der Waals surface area (Å²) in [5, 5.41) is 8.20. The van der Waals surface area contributed by atoms with Crippen LogP contribution in [-0.2, 0) is 11.2 Å². The Morgan fingerprint density at radius 1 is 1.30 bits per heavy atom. The van der Waals surface area contributed by atoms with E-state index in [0.717, 1.165) is 32.4 Å². The molecule has 1 saturated heterocycles. The minimum absolute atomic E-state index is 0.234. The summed E-state index contributed by atoms with van der Waals surface area (Å²) in [7, 11) is 0. The molecule has 1 aromatic rings. The summed E-state index contributed by atoms with van der Waals surface area (Å²) in [6.45, 7) is 1.75. The molecule has 0 N–H and O–H groups in total. The predicted octanol–water partition coefficient (Wildman–Crippen LogP) is 3.43. The third kappa shape index (κ3) is 4.19. The Bertz CT molecular complexity index is 611. The predicted molar refractivity (Wildman–Crippen MR) is 89.7 cm³/mol. The van der Waals surface area contributed by atoms with E-state index < -0.39 is 0 Å². The zero-order chi connectivity index (χ0) is 16.1. The molecule has 4 heteroatoms. The molecule has 3 rings (SSSR count). The maximum atomic E-state index is 12.4. The van der Waals surface area contributed by atoms with Crippen molar-refractivity contribution in [1.82, 2.24) is 4.90 Å². The molecule has 1 amide bonds. The maximum Gasteiger partial charge on any atom is 0.222 e. The van der Waals surface area contributed by atoms with Crippen LogP contribution in [0.25, 0.3) is 0 Å². The molecule has 0 saturated carbocycles. The van der Waals surface area contributed by atoms with Crippen molar-refractivity contribution in [3.05, 3.63) is 35.9 Å². The lowest BCUT2D eigenvalue weighted by molar-refractivity contribution is -0.130. The van der Waals surface area contributed by atoms with E-state index in [1.807, 2.05) is 11.0 Å². The molecule has 2 heterocycles. The van der Waals surface area contributed by atoms with Gasteiger partial charge in [-0.2, -0.15) is 10.2 Å². The van der Waals surface area contributed by atoms with Crippen LogP contribution in [0.4, 0.5) is 0 Å².